The number of hydrogen-bond acceptors (Lipinski definition) is 6. The van der Waals surface area contributed by atoms with Crippen molar-refractivity contribution >= 4 is 17.3 Å². The summed E-state index contributed by atoms with van der Waals surface area (Å²) in [5.41, 5.74) is 2.95. The summed E-state index contributed by atoms with van der Waals surface area (Å²) in [5.74, 6) is 1.97. The lowest BCUT2D eigenvalue weighted by Crippen LogP contribution is -2.34. The minimum atomic E-state index is -0.257. The molecule has 0 spiro atoms. The Morgan fingerprint density at radius 1 is 0.900 bits per heavy atom. The maximum absolute atomic E-state index is 13.2. The molecular weight excluding hydrogens is 396 g/mol. The van der Waals surface area contributed by atoms with Crippen LogP contribution in [0.1, 0.15) is 12.3 Å². The van der Waals surface area contributed by atoms with Gasteiger partial charge in [-0.3, -0.25) is 4.79 Å². The second-order valence-electron chi connectivity index (χ2n) is 7.24. The molecule has 5 rings (SSSR count). The number of thioether (sulfide) groups is 1. The van der Waals surface area contributed by atoms with Gasteiger partial charge in [0.15, 0.2) is 0 Å². The largest absolute Gasteiger partial charge is 0.437 e. The summed E-state index contributed by atoms with van der Waals surface area (Å²) in [5, 5.41) is 1.17. The molecule has 0 aliphatic carbocycles. The van der Waals surface area contributed by atoms with Crippen molar-refractivity contribution in [3.63, 3.8) is 0 Å². The van der Waals surface area contributed by atoms with E-state index in [4.69, 9.17) is 9.15 Å². The fourth-order valence-electron chi connectivity index (χ4n) is 3.89. The van der Waals surface area contributed by atoms with Crippen LogP contribution in [0.3, 0.4) is 0 Å². The molecule has 0 bridgehead atoms. The second kappa shape index (κ2) is 8.50. The summed E-state index contributed by atoms with van der Waals surface area (Å²) in [6.45, 7) is 3.14. The van der Waals surface area contributed by atoms with Crippen LogP contribution in [0.2, 0.25) is 0 Å². The Bertz CT molecular complexity index is 1120. The molecule has 0 atom stereocenters. The first-order valence-corrected chi connectivity index (χ1v) is 11.1. The summed E-state index contributed by atoms with van der Waals surface area (Å²) >= 11 is 1.81. The number of allylic oxidation sites excluding steroid dienone is 1. The van der Waals surface area contributed by atoms with Crippen molar-refractivity contribution in [2.45, 2.75) is 6.42 Å². The van der Waals surface area contributed by atoms with E-state index >= 15 is 0 Å². The van der Waals surface area contributed by atoms with Crippen molar-refractivity contribution in [3.05, 3.63) is 81.9 Å². The molecule has 2 aromatic carbocycles. The second-order valence-corrected chi connectivity index (χ2v) is 8.33. The van der Waals surface area contributed by atoms with Crippen LogP contribution in [0.5, 0.6) is 0 Å². The number of ether oxygens (including phenoxy) is 1. The van der Waals surface area contributed by atoms with Gasteiger partial charge in [-0.05, 0) is 12.0 Å². The molecule has 152 valence electrons. The SMILES string of the molecule is O=c1nc(C2=C(N3CCOCC3)SCC2)oc(-c2ccccc2)c1-c1ccccc1. The van der Waals surface area contributed by atoms with E-state index in [1.54, 1.807) is 0 Å². The summed E-state index contributed by atoms with van der Waals surface area (Å²) in [7, 11) is 0. The lowest BCUT2D eigenvalue weighted by molar-refractivity contribution is 0.0579. The Kier molecular flexibility index (Phi) is 5.43. The van der Waals surface area contributed by atoms with Gasteiger partial charge in [-0.1, -0.05) is 60.7 Å². The van der Waals surface area contributed by atoms with Gasteiger partial charge in [0, 0.05) is 30.0 Å². The molecule has 6 heteroatoms. The molecular formula is C24H22N2O3S. The standard InChI is InChI=1S/C24H22N2O3S/c27-22-20(17-7-3-1-4-8-17)21(18-9-5-2-6-10-18)29-23(25-22)19-11-16-30-24(19)26-12-14-28-15-13-26/h1-10H,11-16H2. The van der Waals surface area contributed by atoms with Crippen molar-refractivity contribution in [2.75, 3.05) is 32.1 Å². The Hall–Kier alpha value is -2.83. The Balaban J connectivity index is 1.68. The van der Waals surface area contributed by atoms with Crippen LogP contribution in [-0.4, -0.2) is 41.9 Å². The molecule has 0 N–H and O–H groups in total. The average molecular weight is 419 g/mol. The van der Waals surface area contributed by atoms with Gasteiger partial charge in [-0.15, -0.1) is 11.8 Å². The van der Waals surface area contributed by atoms with Crippen LogP contribution in [0, 0.1) is 0 Å². The van der Waals surface area contributed by atoms with Gasteiger partial charge >= 0.3 is 0 Å². The zero-order chi connectivity index (χ0) is 20.3. The third-order valence-corrected chi connectivity index (χ3v) is 6.53. The molecule has 2 aliphatic heterocycles. The van der Waals surface area contributed by atoms with Crippen molar-refractivity contribution in [1.82, 2.24) is 9.88 Å². The van der Waals surface area contributed by atoms with Crippen molar-refractivity contribution in [2.24, 2.45) is 0 Å². The van der Waals surface area contributed by atoms with Crippen LogP contribution >= 0.6 is 11.8 Å². The van der Waals surface area contributed by atoms with Crippen LogP contribution in [-0.2, 0) is 4.74 Å². The minimum absolute atomic E-state index is 0.257. The fraction of sp³-hybridized carbons (Fsp3) is 0.250. The highest BCUT2D eigenvalue weighted by Gasteiger charge is 2.28. The summed E-state index contributed by atoms with van der Waals surface area (Å²) in [4.78, 5) is 20.0. The number of nitrogens with zero attached hydrogens (tertiary/aromatic N) is 2. The Morgan fingerprint density at radius 2 is 1.57 bits per heavy atom. The van der Waals surface area contributed by atoms with Crippen LogP contribution in [0.4, 0.5) is 0 Å². The van der Waals surface area contributed by atoms with Crippen LogP contribution < -0.4 is 5.56 Å². The molecule has 5 nitrogen and oxygen atoms in total. The predicted molar refractivity (Wildman–Crippen MR) is 120 cm³/mol. The molecule has 0 amide bonds. The Morgan fingerprint density at radius 3 is 2.27 bits per heavy atom. The number of aromatic nitrogens is 1. The first-order valence-electron chi connectivity index (χ1n) is 10.2. The predicted octanol–water partition coefficient (Wildman–Crippen LogP) is 4.51. The molecule has 1 saturated heterocycles. The molecule has 2 aliphatic rings. The van der Waals surface area contributed by atoms with Crippen molar-refractivity contribution < 1.29 is 9.15 Å². The molecule has 1 aromatic heterocycles. The molecule has 0 saturated carbocycles. The van der Waals surface area contributed by atoms with Gasteiger partial charge in [0.05, 0.1) is 23.8 Å². The zero-order valence-corrected chi connectivity index (χ0v) is 17.4. The molecule has 0 radical (unpaired) electrons. The number of rotatable bonds is 4. The summed E-state index contributed by atoms with van der Waals surface area (Å²) < 4.78 is 11.9. The molecule has 3 aromatic rings. The maximum atomic E-state index is 13.2. The third-order valence-electron chi connectivity index (χ3n) is 5.35. The highest BCUT2D eigenvalue weighted by atomic mass is 32.2. The maximum Gasteiger partial charge on any atom is 0.284 e. The first kappa shape index (κ1) is 19.2. The third kappa shape index (κ3) is 3.68. The van der Waals surface area contributed by atoms with Crippen LogP contribution in [0.25, 0.3) is 28.0 Å². The topological polar surface area (TPSA) is 55.6 Å². The van der Waals surface area contributed by atoms with Gasteiger partial charge in [0.1, 0.15) is 5.76 Å². The van der Waals surface area contributed by atoms with E-state index in [2.05, 4.69) is 9.88 Å². The molecule has 1 fully saturated rings. The fourth-order valence-corrected chi connectivity index (χ4v) is 5.12. The highest BCUT2D eigenvalue weighted by Crippen LogP contribution is 2.40. The number of hydrogen-bond donors (Lipinski definition) is 0. The summed E-state index contributed by atoms with van der Waals surface area (Å²) in [6.07, 6.45) is 0.839. The molecule has 30 heavy (non-hydrogen) atoms. The van der Waals surface area contributed by atoms with E-state index in [1.807, 2.05) is 72.4 Å². The van der Waals surface area contributed by atoms with Gasteiger partial charge in [0.25, 0.3) is 5.56 Å². The van der Waals surface area contributed by atoms with E-state index in [9.17, 15) is 4.79 Å². The van der Waals surface area contributed by atoms with E-state index in [0.717, 1.165) is 55.2 Å². The van der Waals surface area contributed by atoms with E-state index in [0.29, 0.717) is 17.2 Å². The quantitative estimate of drug-likeness (QED) is 0.622. The minimum Gasteiger partial charge on any atom is -0.437 e. The summed E-state index contributed by atoms with van der Waals surface area (Å²) in [6, 6.07) is 19.4. The lowest BCUT2D eigenvalue weighted by Gasteiger charge is -2.30. The van der Waals surface area contributed by atoms with E-state index in [1.165, 1.54) is 5.03 Å². The highest BCUT2D eigenvalue weighted by molar-refractivity contribution is 8.03. The van der Waals surface area contributed by atoms with E-state index in [-0.39, 0.29) is 5.56 Å². The van der Waals surface area contributed by atoms with Crippen LogP contribution in [0.15, 0.2) is 74.9 Å². The van der Waals surface area contributed by atoms with Gasteiger partial charge in [-0.25, -0.2) is 0 Å². The monoisotopic (exact) mass is 418 g/mol. The van der Waals surface area contributed by atoms with Crippen molar-refractivity contribution in [3.8, 4) is 22.5 Å². The number of benzene rings is 2. The molecule has 0 unspecified atom stereocenters. The van der Waals surface area contributed by atoms with Gasteiger partial charge in [0.2, 0.25) is 5.89 Å². The van der Waals surface area contributed by atoms with Gasteiger partial charge < -0.3 is 14.1 Å². The lowest BCUT2D eigenvalue weighted by atomic mass is 10.0. The van der Waals surface area contributed by atoms with Gasteiger partial charge in [-0.2, -0.15) is 4.98 Å². The number of morpholine rings is 1. The van der Waals surface area contributed by atoms with E-state index < -0.39 is 0 Å². The molecule has 3 heterocycles. The first-order chi connectivity index (χ1) is 14.8. The normalized spacial score (nSPS) is 16.9. The van der Waals surface area contributed by atoms with Crippen molar-refractivity contribution in [1.29, 1.82) is 0 Å². The smallest absolute Gasteiger partial charge is 0.284 e. The average Bonchev–Trinajstić information content (AvgIpc) is 3.30. The Labute approximate surface area is 179 Å². The zero-order valence-electron chi connectivity index (χ0n) is 16.5.